The van der Waals surface area contributed by atoms with Crippen LogP contribution in [0.2, 0.25) is 0 Å². The van der Waals surface area contributed by atoms with Gasteiger partial charge in [0.1, 0.15) is 0 Å². The first-order valence-electron chi connectivity index (χ1n) is 5.32. The van der Waals surface area contributed by atoms with Crippen molar-refractivity contribution < 1.29 is 8.42 Å². The van der Waals surface area contributed by atoms with E-state index < -0.39 is 10.0 Å². The van der Waals surface area contributed by atoms with Gasteiger partial charge < -0.3 is 5.32 Å². The van der Waals surface area contributed by atoms with E-state index in [0.717, 1.165) is 12.1 Å². The lowest BCUT2D eigenvalue weighted by atomic mass is 10.2. The average molecular weight is 242 g/mol. The fourth-order valence-electron chi connectivity index (χ4n) is 1.29. The van der Waals surface area contributed by atoms with Crippen LogP contribution in [0.4, 0.5) is 5.69 Å². The Morgan fingerprint density at radius 2 is 1.94 bits per heavy atom. The topological polar surface area (TPSA) is 58.2 Å². The van der Waals surface area contributed by atoms with Gasteiger partial charge in [-0.1, -0.05) is 25.1 Å². The minimum atomic E-state index is -3.24. The molecule has 0 saturated heterocycles. The molecule has 0 saturated carbocycles. The van der Waals surface area contributed by atoms with Crippen LogP contribution in [0.3, 0.4) is 0 Å². The first kappa shape index (κ1) is 13.0. The van der Waals surface area contributed by atoms with Gasteiger partial charge in [-0.2, -0.15) is 0 Å². The molecule has 2 N–H and O–H groups in total. The van der Waals surface area contributed by atoms with E-state index in [2.05, 4.69) is 10.0 Å². The zero-order valence-corrected chi connectivity index (χ0v) is 10.5. The summed E-state index contributed by atoms with van der Waals surface area (Å²) in [6.45, 7) is 5.07. The first-order chi connectivity index (χ1) is 7.55. The van der Waals surface area contributed by atoms with Gasteiger partial charge >= 0.3 is 0 Å². The van der Waals surface area contributed by atoms with Crippen molar-refractivity contribution >= 4 is 15.7 Å². The highest BCUT2D eigenvalue weighted by molar-refractivity contribution is 7.92. The monoisotopic (exact) mass is 242 g/mol. The van der Waals surface area contributed by atoms with Crippen LogP contribution in [-0.4, -0.2) is 27.3 Å². The fourth-order valence-corrected chi connectivity index (χ4v) is 2.37. The Kier molecular flexibility index (Phi) is 4.76. The van der Waals surface area contributed by atoms with E-state index in [1.165, 1.54) is 0 Å². The van der Waals surface area contributed by atoms with Gasteiger partial charge in [0.2, 0.25) is 10.0 Å². The van der Waals surface area contributed by atoms with Crippen LogP contribution in [-0.2, 0) is 10.0 Å². The van der Waals surface area contributed by atoms with Gasteiger partial charge in [-0.15, -0.1) is 0 Å². The smallest absolute Gasteiger partial charge is 0.233 e. The van der Waals surface area contributed by atoms with Crippen molar-refractivity contribution in [1.29, 1.82) is 0 Å². The van der Waals surface area contributed by atoms with Gasteiger partial charge in [-0.05, 0) is 25.1 Å². The Morgan fingerprint density at radius 1 is 1.25 bits per heavy atom. The Morgan fingerprint density at radius 3 is 2.56 bits per heavy atom. The third kappa shape index (κ3) is 4.20. The molecule has 0 aliphatic carbocycles. The van der Waals surface area contributed by atoms with E-state index in [9.17, 15) is 8.42 Å². The lowest BCUT2D eigenvalue weighted by Crippen LogP contribution is -2.26. The number of sulfonamides is 1. The summed E-state index contributed by atoms with van der Waals surface area (Å²) in [6.07, 6.45) is 0. The van der Waals surface area contributed by atoms with E-state index >= 15 is 0 Å². The molecule has 0 aliphatic rings. The number of rotatable bonds is 6. The molecule has 0 spiro atoms. The first-order valence-corrected chi connectivity index (χ1v) is 6.97. The van der Waals surface area contributed by atoms with E-state index in [1.807, 2.05) is 32.0 Å². The van der Waals surface area contributed by atoms with Gasteiger partial charge in [0.15, 0.2) is 0 Å². The number of hydrogen-bond donors (Lipinski definition) is 2. The standard InChI is InChI=1S/C11H18N2O2S/c1-3-12-8-9-16(14,15)13-11-7-5-4-6-10(11)2/h4-7,12-13H,3,8-9H2,1-2H3. The summed E-state index contributed by atoms with van der Waals surface area (Å²) in [7, 11) is -3.24. The van der Waals surface area contributed by atoms with Crippen molar-refractivity contribution in [2.45, 2.75) is 13.8 Å². The molecule has 0 fully saturated rings. The molecule has 90 valence electrons. The number of anilines is 1. The summed E-state index contributed by atoms with van der Waals surface area (Å²) >= 11 is 0. The molecule has 0 unspecified atom stereocenters. The second-order valence-corrected chi connectivity index (χ2v) is 5.43. The van der Waals surface area contributed by atoms with Gasteiger partial charge in [-0.25, -0.2) is 8.42 Å². The van der Waals surface area contributed by atoms with Crippen molar-refractivity contribution in [3.8, 4) is 0 Å². The Hall–Kier alpha value is -1.07. The van der Waals surface area contributed by atoms with E-state index in [4.69, 9.17) is 0 Å². The van der Waals surface area contributed by atoms with Crippen LogP contribution < -0.4 is 10.0 Å². The van der Waals surface area contributed by atoms with Gasteiger partial charge in [-0.3, -0.25) is 4.72 Å². The molecule has 1 aromatic carbocycles. The minimum Gasteiger partial charge on any atom is -0.316 e. The van der Waals surface area contributed by atoms with Crippen LogP contribution in [0.15, 0.2) is 24.3 Å². The minimum absolute atomic E-state index is 0.0924. The number of aryl methyl sites for hydroxylation is 1. The van der Waals surface area contributed by atoms with Gasteiger partial charge in [0, 0.05) is 6.54 Å². The predicted molar refractivity (Wildman–Crippen MR) is 67.1 cm³/mol. The molecule has 0 amide bonds. The summed E-state index contributed by atoms with van der Waals surface area (Å²) < 4.78 is 25.9. The van der Waals surface area contributed by atoms with Crippen LogP contribution in [0.1, 0.15) is 12.5 Å². The Bertz CT molecular complexity index is 429. The normalized spacial score (nSPS) is 11.4. The zero-order valence-electron chi connectivity index (χ0n) is 9.66. The van der Waals surface area contributed by atoms with Crippen molar-refractivity contribution in [3.05, 3.63) is 29.8 Å². The summed E-state index contributed by atoms with van der Waals surface area (Å²) in [6, 6.07) is 7.34. The zero-order chi connectivity index (χ0) is 12.0. The molecule has 0 heterocycles. The second kappa shape index (κ2) is 5.86. The summed E-state index contributed by atoms with van der Waals surface area (Å²) in [4.78, 5) is 0. The molecule has 16 heavy (non-hydrogen) atoms. The summed E-state index contributed by atoms with van der Waals surface area (Å²) in [5.41, 5.74) is 1.58. The third-order valence-electron chi connectivity index (χ3n) is 2.21. The maximum absolute atomic E-state index is 11.7. The van der Waals surface area contributed by atoms with Crippen LogP contribution in [0.5, 0.6) is 0 Å². The van der Waals surface area contributed by atoms with Gasteiger partial charge in [0.25, 0.3) is 0 Å². The maximum Gasteiger partial charge on any atom is 0.233 e. The SMILES string of the molecule is CCNCCS(=O)(=O)Nc1ccccc1C. The van der Waals surface area contributed by atoms with E-state index in [1.54, 1.807) is 6.07 Å². The Balaban J connectivity index is 2.63. The number of nitrogens with one attached hydrogen (secondary N) is 2. The van der Waals surface area contributed by atoms with Crippen molar-refractivity contribution in [2.75, 3.05) is 23.6 Å². The quantitative estimate of drug-likeness (QED) is 0.740. The van der Waals surface area contributed by atoms with Gasteiger partial charge in [0.05, 0.1) is 11.4 Å². The molecule has 0 radical (unpaired) electrons. The summed E-state index contributed by atoms with van der Waals surface area (Å²) in [5, 5.41) is 2.99. The number of hydrogen-bond acceptors (Lipinski definition) is 3. The summed E-state index contributed by atoms with van der Waals surface area (Å²) in [5.74, 6) is 0.0924. The molecule has 1 rings (SSSR count). The molecule has 0 aromatic heterocycles. The molecular weight excluding hydrogens is 224 g/mol. The fraction of sp³-hybridized carbons (Fsp3) is 0.455. The maximum atomic E-state index is 11.7. The lowest BCUT2D eigenvalue weighted by molar-refractivity contribution is 0.597. The molecule has 4 nitrogen and oxygen atoms in total. The van der Waals surface area contributed by atoms with Crippen molar-refractivity contribution in [1.82, 2.24) is 5.32 Å². The number of benzene rings is 1. The van der Waals surface area contributed by atoms with Crippen LogP contribution in [0, 0.1) is 6.92 Å². The lowest BCUT2D eigenvalue weighted by Gasteiger charge is -2.10. The molecule has 0 aliphatic heterocycles. The van der Waals surface area contributed by atoms with Crippen LogP contribution in [0.25, 0.3) is 0 Å². The predicted octanol–water partition coefficient (Wildman–Crippen LogP) is 1.35. The molecule has 0 atom stereocenters. The largest absolute Gasteiger partial charge is 0.316 e. The van der Waals surface area contributed by atoms with E-state index in [0.29, 0.717) is 12.2 Å². The molecular formula is C11H18N2O2S. The van der Waals surface area contributed by atoms with Crippen molar-refractivity contribution in [2.24, 2.45) is 0 Å². The molecule has 1 aromatic rings. The number of para-hydroxylation sites is 1. The highest BCUT2D eigenvalue weighted by Gasteiger charge is 2.10. The second-order valence-electron chi connectivity index (χ2n) is 3.59. The Labute approximate surface area is 97.1 Å². The third-order valence-corrected chi connectivity index (χ3v) is 3.48. The van der Waals surface area contributed by atoms with Crippen molar-refractivity contribution in [3.63, 3.8) is 0 Å². The van der Waals surface area contributed by atoms with Crippen LogP contribution >= 0.6 is 0 Å². The van der Waals surface area contributed by atoms with E-state index in [-0.39, 0.29) is 5.75 Å². The highest BCUT2D eigenvalue weighted by atomic mass is 32.2. The highest BCUT2D eigenvalue weighted by Crippen LogP contribution is 2.14. The average Bonchev–Trinajstić information content (AvgIpc) is 2.21. The molecule has 0 bridgehead atoms. The molecule has 5 heteroatoms.